The van der Waals surface area contributed by atoms with Gasteiger partial charge in [0, 0.05) is 25.6 Å². The van der Waals surface area contributed by atoms with Crippen LogP contribution in [-0.4, -0.2) is 49.4 Å². The van der Waals surface area contributed by atoms with Crippen LogP contribution in [-0.2, 0) is 9.59 Å². The number of amides is 2. The Hall–Kier alpha value is -1.10. The van der Waals surface area contributed by atoms with Crippen LogP contribution in [0.4, 0.5) is 0 Å². The van der Waals surface area contributed by atoms with Gasteiger partial charge in [-0.25, -0.2) is 0 Å². The highest BCUT2D eigenvalue weighted by Crippen LogP contribution is 2.28. The summed E-state index contributed by atoms with van der Waals surface area (Å²) in [5, 5.41) is 6.29. The SMILES string of the molecule is CC(C(=O)N1CCCC(C(=O)NCC2CC2)C1)C1CNC1. The van der Waals surface area contributed by atoms with E-state index in [-0.39, 0.29) is 23.7 Å². The van der Waals surface area contributed by atoms with Crippen molar-refractivity contribution in [3.8, 4) is 0 Å². The Balaban J connectivity index is 1.49. The van der Waals surface area contributed by atoms with Gasteiger partial charge in [-0.15, -0.1) is 0 Å². The quantitative estimate of drug-likeness (QED) is 0.780. The molecule has 2 N–H and O–H groups in total. The van der Waals surface area contributed by atoms with Crippen molar-refractivity contribution in [3.63, 3.8) is 0 Å². The summed E-state index contributed by atoms with van der Waals surface area (Å²) >= 11 is 0. The molecule has 118 valence electrons. The minimum atomic E-state index is -0.00633. The zero-order chi connectivity index (χ0) is 14.8. The lowest BCUT2D eigenvalue weighted by Crippen LogP contribution is -2.53. The van der Waals surface area contributed by atoms with E-state index in [1.165, 1.54) is 12.8 Å². The minimum Gasteiger partial charge on any atom is -0.356 e. The summed E-state index contributed by atoms with van der Waals surface area (Å²) in [4.78, 5) is 26.7. The van der Waals surface area contributed by atoms with Gasteiger partial charge in [-0.2, -0.15) is 0 Å². The fourth-order valence-corrected chi connectivity index (χ4v) is 3.26. The van der Waals surface area contributed by atoms with Gasteiger partial charge < -0.3 is 15.5 Å². The molecule has 0 aromatic rings. The average molecular weight is 293 g/mol. The third kappa shape index (κ3) is 3.57. The number of carbonyl (C=O) groups excluding carboxylic acids is 2. The van der Waals surface area contributed by atoms with E-state index in [0.29, 0.717) is 18.4 Å². The van der Waals surface area contributed by atoms with Gasteiger partial charge in [-0.05, 0) is 50.6 Å². The normalized spacial score (nSPS) is 27.9. The summed E-state index contributed by atoms with van der Waals surface area (Å²) in [6.45, 7) is 6.19. The van der Waals surface area contributed by atoms with Crippen molar-refractivity contribution >= 4 is 11.8 Å². The summed E-state index contributed by atoms with van der Waals surface area (Å²) in [6, 6.07) is 0. The smallest absolute Gasteiger partial charge is 0.225 e. The fraction of sp³-hybridized carbons (Fsp3) is 0.875. The number of hydrogen-bond donors (Lipinski definition) is 2. The number of likely N-dealkylation sites (tertiary alicyclic amines) is 1. The molecule has 0 radical (unpaired) electrons. The molecule has 21 heavy (non-hydrogen) atoms. The lowest BCUT2D eigenvalue weighted by molar-refractivity contribution is -0.140. The topological polar surface area (TPSA) is 61.4 Å². The van der Waals surface area contributed by atoms with E-state index in [1.54, 1.807) is 0 Å². The van der Waals surface area contributed by atoms with Gasteiger partial charge in [0.05, 0.1) is 5.92 Å². The van der Waals surface area contributed by atoms with Crippen LogP contribution in [0.3, 0.4) is 0 Å². The van der Waals surface area contributed by atoms with Crippen LogP contribution >= 0.6 is 0 Å². The third-order valence-electron chi connectivity index (χ3n) is 5.28. The van der Waals surface area contributed by atoms with E-state index in [9.17, 15) is 9.59 Å². The van der Waals surface area contributed by atoms with Crippen molar-refractivity contribution in [3.05, 3.63) is 0 Å². The van der Waals surface area contributed by atoms with Crippen LogP contribution < -0.4 is 10.6 Å². The molecule has 2 saturated heterocycles. The van der Waals surface area contributed by atoms with E-state index >= 15 is 0 Å². The Labute approximate surface area is 126 Å². The molecular formula is C16H27N3O2. The van der Waals surface area contributed by atoms with Crippen molar-refractivity contribution in [2.75, 3.05) is 32.7 Å². The zero-order valence-corrected chi connectivity index (χ0v) is 12.9. The zero-order valence-electron chi connectivity index (χ0n) is 12.9. The Morgan fingerprint density at radius 2 is 2.05 bits per heavy atom. The largest absolute Gasteiger partial charge is 0.356 e. The van der Waals surface area contributed by atoms with E-state index in [1.807, 2.05) is 11.8 Å². The highest BCUT2D eigenvalue weighted by atomic mass is 16.2. The summed E-state index contributed by atoms with van der Waals surface area (Å²) in [6.07, 6.45) is 4.37. The van der Waals surface area contributed by atoms with Crippen molar-refractivity contribution in [1.82, 2.24) is 15.5 Å². The van der Waals surface area contributed by atoms with Crippen LogP contribution in [0.15, 0.2) is 0 Å². The number of nitrogens with one attached hydrogen (secondary N) is 2. The number of hydrogen-bond acceptors (Lipinski definition) is 3. The molecule has 2 heterocycles. The molecule has 0 bridgehead atoms. The Bertz CT molecular complexity index is 404. The van der Waals surface area contributed by atoms with Gasteiger partial charge in [0.25, 0.3) is 0 Å². The highest BCUT2D eigenvalue weighted by molar-refractivity contribution is 5.82. The van der Waals surface area contributed by atoms with Gasteiger partial charge in [-0.3, -0.25) is 9.59 Å². The molecule has 1 saturated carbocycles. The molecule has 2 aliphatic heterocycles. The second-order valence-electron chi connectivity index (χ2n) is 7.02. The molecule has 3 fully saturated rings. The number of piperidine rings is 1. The second kappa shape index (κ2) is 6.34. The molecule has 5 heteroatoms. The third-order valence-corrected chi connectivity index (χ3v) is 5.28. The monoisotopic (exact) mass is 293 g/mol. The Kier molecular flexibility index (Phi) is 4.48. The molecular weight excluding hydrogens is 266 g/mol. The summed E-state index contributed by atoms with van der Waals surface area (Å²) < 4.78 is 0. The molecule has 3 rings (SSSR count). The first-order valence-corrected chi connectivity index (χ1v) is 8.42. The minimum absolute atomic E-state index is 0.00633. The lowest BCUT2D eigenvalue weighted by atomic mass is 9.87. The van der Waals surface area contributed by atoms with Crippen molar-refractivity contribution in [1.29, 1.82) is 0 Å². The maximum absolute atomic E-state index is 12.5. The van der Waals surface area contributed by atoms with Crippen molar-refractivity contribution < 1.29 is 9.59 Å². The van der Waals surface area contributed by atoms with Crippen LogP contribution in [0.1, 0.15) is 32.6 Å². The summed E-state index contributed by atoms with van der Waals surface area (Å²) in [7, 11) is 0. The molecule has 5 nitrogen and oxygen atoms in total. The first kappa shape index (κ1) is 14.8. The first-order chi connectivity index (χ1) is 10.1. The van der Waals surface area contributed by atoms with Gasteiger partial charge in [-0.1, -0.05) is 6.92 Å². The molecule has 0 aromatic carbocycles. The molecule has 1 aliphatic carbocycles. The summed E-state index contributed by atoms with van der Waals surface area (Å²) in [5.74, 6) is 1.65. The van der Waals surface area contributed by atoms with Gasteiger partial charge in [0.1, 0.15) is 0 Å². The molecule has 3 aliphatic rings. The first-order valence-electron chi connectivity index (χ1n) is 8.42. The molecule has 2 unspecified atom stereocenters. The summed E-state index contributed by atoms with van der Waals surface area (Å²) in [5.41, 5.74) is 0. The average Bonchev–Trinajstić information content (AvgIpc) is 3.26. The van der Waals surface area contributed by atoms with E-state index in [4.69, 9.17) is 0 Å². The molecule has 2 amide bonds. The number of rotatable bonds is 5. The van der Waals surface area contributed by atoms with E-state index in [0.717, 1.165) is 39.0 Å². The second-order valence-corrected chi connectivity index (χ2v) is 7.02. The Morgan fingerprint density at radius 1 is 1.29 bits per heavy atom. The number of nitrogens with zero attached hydrogens (tertiary/aromatic N) is 1. The molecule has 2 atom stereocenters. The van der Waals surface area contributed by atoms with E-state index < -0.39 is 0 Å². The molecule has 0 aromatic heterocycles. The van der Waals surface area contributed by atoms with Crippen molar-refractivity contribution in [2.45, 2.75) is 32.6 Å². The lowest BCUT2D eigenvalue weighted by Gasteiger charge is -2.38. The predicted molar refractivity (Wildman–Crippen MR) is 80.6 cm³/mol. The van der Waals surface area contributed by atoms with Gasteiger partial charge in [0.2, 0.25) is 11.8 Å². The predicted octanol–water partition coefficient (Wildman–Crippen LogP) is 0.607. The fourth-order valence-electron chi connectivity index (χ4n) is 3.26. The maximum Gasteiger partial charge on any atom is 0.225 e. The number of carbonyl (C=O) groups is 2. The van der Waals surface area contributed by atoms with Crippen LogP contribution in [0.2, 0.25) is 0 Å². The van der Waals surface area contributed by atoms with Crippen LogP contribution in [0, 0.1) is 23.7 Å². The van der Waals surface area contributed by atoms with Crippen molar-refractivity contribution in [2.24, 2.45) is 23.7 Å². The standard InChI is InChI=1S/C16H27N3O2/c1-11(14-8-17-9-14)16(21)19-6-2-3-13(10-19)15(20)18-7-12-4-5-12/h11-14,17H,2-10H2,1H3,(H,18,20). The van der Waals surface area contributed by atoms with Gasteiger partial charge >= 0.3 is 0 Å². The highest BCUT2D eigenvalue weighted by Gasteiger charge is 2.35. The Morgan fingerprint density at radius 3 is 2.67 bits per heavy atom. The van der Waals surface area contributed by atoms with Gasteiger partial charge in [0.15, 0.2) is 0 Å². The molecule has 0 spiro atoms. The van der Waals surface area contributed by atoms with Crippen LogP contribution in [0.5, 0.6) is 0 Å². The van der Waals surface area contributed by atoms with E-state index in [2.05, 4.69) is 10.6 Å². The maximum atomic E-state index is 12.5. The van der Waals surface area contributed by atoms with Crippen LogP contribution in [0.25, 0.3) is 0 Å².